The quantitative estimate of drug-likeness (QED) is 0.891. The summed E-state index contributed by atoms with van der Waals surface area (Å²) < 4.78 is 5.44. The topological polar surface area (TPSA) is 29.5 Å². The summed E-state index contributed by atoms with van der Waals surface area (Å²) in [5.41, 5.74) is 1.76. The van der Waals surface area contributed by atoms with Crippen LogP contribution in [0.15, 0.2) is 12.1 Å². The lowest BCUT2D eigenvalue weighted by Crippen LogP contribution is -2.11. The summed E-state index contributed by atoms with van der Waals surface area (Å²) in [7, 11) is 1.69. The second kappa shape index (κ2) is 3.89. The Kier molecular flexibility index (Phi) is 2.60. The van der Waals surface area contributed by atoms with E-state index in [9.17, 15) is 5.11 Å². The third-order valence-corrected chi connectivity index (χ3v) is 4.03. The molecule has 3 heteroatoms. The highest BCUT2D eigenvalue weighted by molar-refractivity contribution is 6.31. The average molecular weight is 253 g/mol. The van der Waals surface area contributed by atoms with E-state index in [1.807, 2.05) is 12.1 Å². The first-order chi connectivity index (χ1) is 8.11. The van der Waals surface area contributed by atoms with Crippen LogP contribution in [0, 0.1) is 0 Å². The van der Waals surface area contributed by atoms with Crippen LogP contribution in [0.5, 0.6) is 5.75 Å². The first-order valence-electron chi connectivity index (χ1n) is 6.20. The van der Waals surface area contributed by atoms with E-state index in [1.165, 1.54) is 12.8 Å². The zero-order valence-corrected chi connectivity index (χ0v) is 10.8. The van der Waals surface area contributed by atoms with Gasteiger partial charge in [0.1, 0.15) is 5.75 Å². The molecule has 0 aromatic heterocycles. The van der Waals surface area contributed by atoms with Crippen molar-refractivity contribution in [2.24, 2.45) is 0 Å². The van der Waals surface area contributed by atoms with Crippen LogP contribution in [0.2, 0.25) is 5.02 Å². The molecule has 3 rings (SSSR count). The van der Waals surface area contributed by atoms with Gasteiger partial charge in [0, 0.05) is 17.0 Å². The molecule has 2 fully saturated rings. The molecule has 0 radical (unpaired) electrons. The zero-order valence-electron chi connectivity index (χ0n) is 10.0. The van der Waals surface area contributed by atoms with Crippen molar-refractivity contribution in [3.8, 4) is 5.75 Å². The SMILES string of the molecule is COc1cc(CC2(O)CC2)cc(Cl)c1C1CC1. The fourth-order valence-electron chi connectivity index (χ4n) is 2.39. The van der Waals surface area contributed by atoms with Gasteiger partial charge in [0.05, 0.1) is 12.7 Å². The van der Waals surface area contributed by atoms with Gasteiger partial charge < -0.3 is 9.84 Å². The Hall–Kier alpha value is -0.730. The minimum absolute atomic E-state index is 0.477. The Labute approximate surface area is 107 Å². The predicted molar refractivity (Wildman–Crippen MR) is 67.9 cm³/mol. The molecule has 0 unspecified atom stereocenters. The Bertz CT molecular complexity index is 448. The molecule has 2 saturated carbocycles. The lowest BCUT2D eigenvalue weighted by molar-refractivity contribution is 0.151. The summed E-state index contributed by atoms with van der Waals surface area (Å²) in [6, 6.07) is 4.03. The van der Waals surface area contributed by atoms with Gasteiger partial charge in [-0.3, -0.25) is 0 Å². The number of rotatable bonds is 4. The lowest BCUT2D eigenvalue weighted by Gasteiger charge is -2.14. The maximum absolute atomic E-state index is 9.94. The Morgan fingerprint density at radius 1 is 1.41 bits per heavy atom. The lowest BCUT2D eigenvalue weighted by atomic mass is 10.0. The largest absolute Gasteiger partial charge is 0.496 e. The molecule has 0 spiro atoms. The highest BCUT2D eigenvalue weighted by Crippen LogP contribution is 2.48. The molecule has 0 atom stereocenters. The summed E-state index contributed by atoms with van der Waals surface area (Å²) in [5, 5.41) is 10.7. The minimum Gasteiger partial charge on any atom is -0.496 e. The van der Waals surface area contributed by atoms with Gasteiger partial charge in [-0.25, -0.2) is 0 Å². The summed E-state index contributed by atoms with van der Waals surface area (Å²) in [5.74, 6) is 1.47. The van der Waals surface area contributed by atoms with Gasteiger partial charge in [0.2, 0.25) is 0 Å². The van der Waals surface area contributed by atoms with E-state index in [0.717, 1.165) is 34.7 Å². The summed E-state index contributed by atoms with van der Waals surface area (Å²) in [4.78, 5) is 0. The second-order valence-corrected chi connectivity index (χ2v) is 5.78. The molecule has 0 saturated heterocycles. The number of benzene rings is 1. The fourth-order valence-corrected chi connectivity index (χ4v) is 2.77. The van der Waals surface area contributed by atoms with Crippen LogP contribution in [0.3, 0.4) is 0 Å². The molecule has 2 aliphatic rings. The van der Waals surface area contributed by atoms with E-state index in [4.69, 9.17) is 16.3 Å². The van der Waals surface area contributed by atoms with E-state index in [2.05, 4.69) is 0 Å². The molecule has 17 heavy (non-hydrogen) atoms. The van der Waals surface area contributed by atoms with Crippen LogP contribution in [0.1, 0.15) is 42.7 Å². The van der Waals surface area contributed by atoms with Crippen molar-refractivity contribution in [3.05, 3.63) is 28.3 Å². The van der Waals surface area contributed by atoms with Crippen LogP contribution in [0.25, 0.3) is 0 Å². The summed E-state index contributed by atoms with van der Waals surface area (Å²) in [6.07, 6.45) is 4.90. The molecule has 1 aromatic rings. The first-order valence-corrected chi connectivity index (χ1v) is 6.58. The smallest absolute Gasteiger partial charge is 0.124 e. The molecular weight excluding hydrogens is 236 g/mol. The second-order valence-electron chi connectivity index (χ2n) is 5.37. The molecule has 2 nitrogen and oxygen atoms in total. The van der Waals surface area contributed by atoms with E-state index < -0.39 is 5.60 Å². The Balaban J connectivity index is 1.92. The van der Waals surface area contributed by atoms with Crippen LogP contribution < -0.4 is 4.74 Å². The van der Waals surface area contributed by atoms with Crippen LogP contribution in [0.4, 0.5) is 0 Å². The summed E-state index contributed by atoms with van der Waals surface area (Å²) in [6.45, 7) is 0. The molecular formula is C14H17ClO2. The van der Waals surface area contributed by atoms with Gasteiger partial charge in [-0.15, -0.1) is 0 Å². The third-order valence-electron chi connectivity index (χ3n) is 3.72. The standard InChI is InChI=1S/C14H17ClO2/c1-17-12-7-9(8-14(16)4-5-14)6-11(15)13(12)10-2-3-10/h6-7,10,16H,2-5,8H2,1H3. The van der Waals surface area contributed by atoms with E-state index >= 15 is 0 Å². The van der Waals surface area contributed by atoms with Gasteiger partial charge in [0.25, 0.3) is 0 Å². The van der Waals surface area contributed by atoms with E-state index in [-0.39, 0.29) is 0 Å². The highest BCUT2D eigenvalue weighted by atomic mass is 35.5. The van der Waals surface area contributed by atoms with Crippen molar-refractivity contribution >= 4 is 11.6 Å². The summed E-state index contributed by atoms with van der Waals surface area (Å²) >= 11 is 6.34. The van der Waals surface area contributed by atoms with Crippen molar-refractivity contribution in [3.63, 3.8) is 0 Å². The number of halogens is 1. The monoisotopic (exact) mass is 252 g/mol. The average Bonchev–Trinajstić information content (AvgIpc) is 3.16. The van der Waals surface area contributed by atoms with Crippen LogP contribution >= 0.6 is 11.6 Å². The van der Waals surface area contributed by atoms with Gasteiger partial charge >= 0.3 is 0 Å². The number of aliphatic hydroxyl groups is 1. The number of ether oxygens (including phenoxy) is 1. The molecule has 0 bridgehead atoms. The van der Waals surface area contributed by atoms with Crippen LogP contribution in [-0.4, -0.2) is 17.8 Å². The molecule has 2 aliphatic carbocycles. The van der Waals surface area contributed by atoms with E-state index in [0.29, 0.717) is 12.3 Å². The van der Waals surface area contributed by atoms with Crippen molar-refractivity contribution in [2.75, 3.05) is 7.11 Å². The molecule has 0 amide bonds. The normalized spacial score (nSPS) is 21.4. The molecule has 92 valence electrons. The number of hydrogen-bond donors (Lipinski definition) is 1. The van der Waals surface area contributed by atoms with Crippen molar-refractivity contribution in [1.29, 1.82) is 0 Å². The predicted octanol–water partition coefficient (Wildman–Crippen LogP) is 3.29. The highest BCUT2D eigenvalue weighted by Gasteiger charge is 2.40. The van der Waals surface area contributed by atoms with Crippen molar-refractivity contribution in [2.45, 2.75) is 43.6 Å². The molecule has 0 heterocycles. The molecule has 0 aliphatic heterocycles. The van der Waals surface area contributed by atoms with Gasteiger partial charge in [0.15, 0.2) is 0 Å². The zero-order chi connectivity index (χ0) is 12.0. The first kappa shape index (κ1) is 11.4. The maximum Gasteiger partial charge on any atom is 0.124 e. The van der Waals surface area contributed by atoms with Crippen LogP contribution in [-0.2, 0) is 6.42 Å². The molecule has 1 N–H and O–H groups in total. The maximum atomic E-state index is 9.94. The Morgan fingerprint density at radius 2 is 2.12 bits per heavy atom. The van der Waals surface area contributed by atoms with Gasteiger partial charge in [-0.2, -0.15) is 0 Å². The van der Waals surface area contributed by atoms with Crippen molar-refractivity contribution in [1.82, 2.24) is 0 Å². The molecule has 1 aromatic carbocycles. The van der Waals surface area contributed by atoms with Gasteiger partial charge in [-0.1, -0.05) is 11.6 Å². The van der Waals surface area contributed by atoms with E-state index in [1.54, 1.807) is 7.11 Å². The Morgan fingerprint density at radius 3 is 2.65 bits per heavy atom. The fraction of sp³-hybridized carbons (Fsp3) is 0.571. The van der Waals surface area contributed by atoms with Crippen molar-refractivity contribution < 1.29 is 9.84 Å². The third kappa shape index (κ3) is 2.29. The number of hydrogen-bond acceptors (Lipinski definition) is 2. The minimum atomic E-state index is -0.477. The number of methoxy groups -OCH3 is 1. The van der Waals surface area contributed by atoms with Gasteiger partial charge in [-0.05, 0) is 49.3 Å².